The van der Waals surface area contributed by atoms with Crippen molar-refractivity contribution in [3.05, 3.63) is 48.4 Å². The molecule has 0 aliphatic rings. The average molecular weight is 363 g/mol. The van der Waals surface area contributed by atoms with Crippen LogP contribution in [0.1, 0.15) is 43.2 Å². The topological polar surface area (TPSA) is 74.1 Å². The highest BCUT2D eigenvalue weighted by atomic mass is 16.3. The van der Waals surface area contributed by atoms with Crippen molar-refractivity contribution in [1.82, 2.24) is 15.0 Å². The van der Waals surface area contributed by atoms with E-state index in [4.69, 9.17) is 19.0 Å². The molecule has 3 heterocycles. The summed E-state index contributed by atoms with van der Waals surface area (Å²) in [5.74, 6) is 1.64. The van der Waals surface area contributed by atoms with Gasteiger partial charge in [0, 0.05) is 11.1 Å². The van der Waals surface area contributed by atoms with E-state index in [1.807, 2.05) is 24.3 Å². The Hall–Kier alpha value is -3.15. The number of furan rings is 2. The fourth-order valence-electron chi connectivity index (χ4n) is 3.21. The number of carbonyl (C=O) groups is 1. The minimum absolute atomic E-state index is 0.292. The SMILES string of the molecule is CCCCCCn1nc2c(-c3ccco3)ccc(-c3ccc(C=O)o3)c2n1. The molecular formula is C21H21N3O3. The maximum absolute atomic E-state index is 11.0. The van der Waals surface area contributed by atoms with Gasteiger partial charge in [-0.2, -0.15) is 15.0 Å². The lowest BCUT2D eigenvalue weighted by Crippen LogP contribution is -2.02. The Morgan fingerprint density at radius 1 is 0.963 bits per heavy atom. The minimum atomic E-state index is 0.292. The van der Waals surface area contributed by atoms with Crippen LogP contribution in [0.4, 0.5) is 0 Å². The lowest BCUT2D eigenvalue weighted by molar-refractivity contribution is 0.110. The monoisotopic (exact) mass is 363 g/mol. The van der Waals surface area contributed by atoms with Crippen molar-refractivity contribution in [2.45, 2.75) is 39.2 Å². The number of benzene rings is 1. The molecule has 0 atom stereocenters. The molecule has 4 aromatic rings. The Balaban J connectivity index is 1.78. The highest BCUT2D eigenvalue weighted by Crippen LogP contribution is 2.34. The number of fused-ring (bicyclic) bond motifs is 1. The number of aldehydes is 1. The summed E-state index contributed by atoms with van der Waals surface area (Å²) in [5.41, 5.74) is 3.21. The normalized spacial score (nSPS) is 11.3. The Kier molecular flexibility index (Phi) is 4.87. The predicted octanol–water partition coefficient (Wildman–Crippen LogP) is 5.34. The first kappa shape index (κ1) is 17.3. The molecule has 0 radical (unpaired) electrons. The van der Waals surface area contributed by atoms with Crippen LogP contribution in [0.15, 0.2) is 51.5 Å². The average Bonchev–Trinajstić information content (AvgIpc) is 3.44. The Bertz CT molecular complexity index is 1040. The van der Waals surface area contributed by atoms with Gasteiger partial charge in [0.25, 0.3) is 0 Å². The molecule has 6 nitrogen and oxygen atoms in total. The van der Waals surface area contributed by atoms with Crippen LogP contribution in [0, 0.1) is 0 Å². The third-order valence-electron chi connectivity index (χ3n) is 4.59. The van der Waals surface area contributed by atoms with Crippen LogP contribution in [-0.4, -0.2) is 21.3 Å². The zero-order chi connectivity index (χ0) is 18.6. The summed E-state index contributed by atoms with van der Waals surface area (Å²) < 4.78 is 11.2. The van der Waals surface area contributed by atoms with Gasteiger partial charge in [-0.05, 0) is 42.8 Å². The van der Waals surface area contributed by atoms with Crippen LogP contribution >= 0.6 is 0 Å². The second-order valence-electron chi connectivity index (χ2n) is 6.51. The third kappa shape index (κ3) is 3.43. The van der Waals surface area contributed by atoms with Gasteiger partial charge in [0.2, 0.25) is 0 Å². The summed E-state index contributed by atoms with van der Waals surface area (Å²) in [6, 6.07) is 11.1. The van der Waals surface area contributed by atoms with E-state index in [1.54, 1.807) is 23.2 Å². The van der Waals surface area contributed by atoms with Crippen LogP contribution in [0.3, 0.4) is 0 Å². The number of nitrogens with zero attached hydrogens (tertiary/aromatic N) is 3. The number of aryl methyl sites for hydroxylation is 1. The van der Waals surface area contributed by atoms with E-state index in [1.165, 1.54) is 12.8 Å². The number of aromatic nitrogens is 3. The maximum Gasteiger partial charge on any atom is 0.185 e. The van der Waals surface area contributed by atoms with Crippen molar-refractivity contribution in [3.8, 4) is 22.6 Å². The predicted molar refractivity (Wildman–Crippen MR) is 102 cm³/mol. The van der Waals surface area contributed by atoms with Gasteiger partial charge in [-0.3, -0.25) is 4.79 Å². The summed E-state index contributed by atoms with van der Waals surface area (Å²) >= 11 is 0. The van der Waals surface area contributed by atoms with Crippen LogP contribution < -0.4 is 0 Å². The van der Waals surface area contributed by atoms with Gasteiger partial charge < -0.3 is 8.83 Å². The molecule has 138 valence electrons. The van der Waals surface area contributed by atoms with Gasteiger partial charge in [0.15, 0.2) is 12.0 Å². The third-order valence-corrected chi connectivity index (χ3v) is 4.59. The molecule has 0 N–H and O–H groups in total. The zero-order valence-corrected chi connectivity index (χ0v) is 15.2. The van der Waals surface area contributed by atoms with Gasteiger partial charge in [-0.15, -0.1) is 0 Å². The molecule has 4 rings (SSSR count). The molecule has 0 fully saturated rings. The zero-order valence-electron chi connectivity index (χ0n) is 15.2. The molecule has 3 aromatic heterocycles. The van der Waals surface area contributed by atoms with Crippen LogP contribution in [0.2, 0.25) is 0 Å². The fraction of sp³-hybridized carbons (Fsp3) is 0.286. The second kappa shape index (κ2) is 7.61. The van der Waals surface area contributed by atoms with Crippen molar-refractivity contribution < 1.29 is 13.6 Å². The number of rotatable bonds is 8. The molecule has 0 saturated heterocycles. The van der Waals surface area contributed by atoms with Crippen molar-refractivity contribution >= 4 is 17.3 Å². The molecule has 6 heteroatoms. The van der Waals surface area contributed by atoms with E-state index in [2.05, 4.69) is 6.92 Å². The van der Waals surface area contributed by atoms with Gasteiger partial charge in [-0.1, -0.05) is 26.2 Å². The molecule has 0 spiro atoms. The smallest absolute Gasteiger partial charge is 0.185 e. The molecule has 27 heavy (non-hydrogen) atoms. The van der Waals surface area contributed by atoms with E-state index in [0.717, 1.165) is 47.3 Å². The molecule has 0 aliphatic heterocycles. The van der Waals surface area contributed by atoms with Crippen molar-refractivity contribution in [3.63, 3.8) is 0 Å². The van der Waals surface area contributed by atoms with E-state index >= 15 is 0 Å². The highest BCUT2D eigenvalue weighted by Gasteiger charge is 2.18. The molecule has 0 saturated carbocycles. The summed E-state index contributed by atoms with van der Waals surface area (Å²) in [5, 5.41) is 9.42. The number of hydrogen-bond donors (Lipinski definition) is 0. The van der Waals surface area contributed by atoms with Gasteiger partial charge in [-0.25, -0.2) is 0 Å². The number of unbranched alkanes of at least 4 members (excludes halogenated alkanes) is 3. The van der Waals surface area contributed by atoms with Crippen LogP contribution in [0.25, 0.3) is 33.7 Å². The summed E-state index contributed by atoms with van der Waals surface area (Å²) in [6.45, 7) is 2.96. The van der Waals surface area contributed by atoms with E-state index < -0.39 is 0 Å². The Morgan fingerprint density at radius 3 is 2.37 bits per heavy atom. The van der Waals surface area contributed by atoms with E-state index in [9.17, 15) is 4.79 Å². The Labute approximate surface area is 156 Å². The first-order valence-electron chi connectivity index (χ1n) is 9.27. The van der Waals surface area contributed by atoms with Crippen LogP contribution in [0.5, 0.6) is 0 Å². The van der Waals surface area contributed by atoms with Crippen molar-refractivity contribution in [2.24, 2.45) is 0 Å². The summed E-state index contributed by atoms with van der Waals surface area (Å²) in [7, 11) is 0. The number of carbonyl (C=O) groups excluding carboxylic acids is 1. The van der Waals surface area contributed by atoms with Crippen molar-refractivity contribution in [1.29, 1.82) is 0 Å². The van der Waals surface area contributed by atoms with E-state index in [-0.39, 0.29) is 0 Å². The van der Waals surface area contributed by atoms with Gasteiger partial charge in [0.05, 0.1) is 12.8 Å². The quantitative estimate of drug-likeness (QED) is 0.312. The largest absolute Gasteiger partial charge is 0.464 e. The summed E-state index contributed by atoms with van der Waals surface area (Å²) in [4.78, 5) is 12.7. The first-order valence-corrected chi connectivity index (χ1v) is 9.27. The van der Waals surface area contributed by atoms with Crippen LogP contribution in [-0.2, 0) is 6.54 Å². The number of hydrogen-bond acceptors (Lipinski definition) is 5. The molecule has 0 unspecified atom stereocenters. The molecule has 0 amide bonds. The molecule has 1 aromatic carbocycles. The van der Waals surface area contributed by atoms with Gasteiger partial charge in [0.1, 0.15) is 22.6 Å². The minimum Gasteiger partial charge on any atom is -0.464 e. The lowest BCUT2D eigenvalue weighted by Gasteiger charge is -2.02. The van der Waals surface area contributed by atoms with E-state index in [0.29, 0.717) is 17.8 Å². The lowest BCUT2D eigenvalue weighted by atomic mass is 10.1. The van der Waals surface area contributed by atoms with Gasteiger partial charge >= 0.3 is 0 Å². The maximum atomic E-state index is 11.0. The Morgan fingerprint density at radius 2 is 1.74 bits per heavy atom. The second-order valence-corrected chi connectivity index (χ2v) is 6.51. The summed E-state index contributed by atoms with van der Waals surface area (Å²) in [6.07, 6.45) is 6.95. The molecular weight excluding hydrogens is 342 g/mol. The van der Waals surface area contributed by atoms with Crippen molar-refractivity contribution in [2.75, 3.05) is 0 Å². The molecule has 0 aliphatic carbocycles. The first-order chi connectivity index (χ1) is 13.3. The highest BCUT2D eigenvalue weighted by molar-refractivity contribution is 5.98. The molecule has 0 bridgehead atoms. The fourth-order valence-corrected chi connectivity index (χ4v) is 3.21. The standard InChI is InChI=1S/C21H21N3O3/c1-2-3-4-5-12-24-22-20-16(18-7-6-13-26-18)9-10-17(21(20)23-24)19-11-8-15(14-25)27-19/h6-11,13-14H,2-5,12H2,1H3.